The highest BCUT2D eigenvalue weighted by Crippen LogP contribution is 2.38. The van der Waals surface area contributed by atoms with Crippen LogP contribution in [0.1, 0.15) is 44.9 Å². The molecule has 3 nitrogen and oxygen atoms in total. The van der Waals surface area contributed by atoms with Crippen molar-refractivity contribution in [3.05, 3.63) is 0 Å². The second-order valence-corrected chi connectivity index (χ2v) is 6.47. The van der Waals surface area contributed by atoms with Crippen LogP contribution in [0.5, 0.6) is 0 Å². The third-order valence-corrected chi connectivity index (χ3v) is 5.59. The van der Waals surface area contributed by atoms with Crippen LogP contribution in [0.3, 0.4) is 0 Å². The summed E-state index contributed by atoms with van der Waals surface area (Å²) in [5.74, 6) is 1.57. The van der Waals surface area contributed by atoms with Crippen molar-refractivity contribution < 1.29 is 9.53 Å². The third kappa shape index (κ3) is 3.27. The Hall–Kier alpha value is -0.0900. The van der Waals surface area contributed by atoms with E-state index in [2.05, 4.69) is 21.2 Å². The summed E-state index contributed by atoms with van der Waals surface area (Å²) in [7, 11) is 1.73. The Kier molecular flexibility index (Phi) is 5.07. The molecule has 2 fully saturated rings. The van der Waals surface area contributed by atoms with Gasteiger partial charge in [-0.25, -0.2) is 0 Å². The molecule has 2 rings (SSSR count). The number of carbonyl (C=O) groups is 1. The molecule has 2 unspecified atom stereocenters. The highest BCUT2D eigenvalue weighted by molar-refractivity contribution is 9.09. The summed E-state index contributed by atoms with van der Waals surface area (Å²) >= 11 is 3.57. The molecule has 0 bridgehead atoms. The molecule has 0 aromatic heterocycles. The Labute approximate surface area is 118 Å². The molecular weight excluding hydrogens is 294 g/mol. The summed E-state index contributed by atoms with van der Waals surface area (Å²) in [6, 6.07) is 0. The smallest absolute Gasteiger partial charge is 0.222 e. The van der Waals surface area contributed by atoms with Crippen molar-refractivity contribution in [1.82, 2.24) is 5.32 Å². The molecule has 0 aromatic carbocycles. The maximum Gasteiger partial charge on any atom is 0.222 e. The van der Waals surface area contributed by atoms with Crippen LogP contribution in [0.25, 0.3) is 0 Å². The summed E-state index contributed by atoms with van der Waals surface area (Å²) < 4.78 is 5.49. The van der Waals surface area contributed by atoms with Crippen LogP contribution in [0, 0.1) is 11.8 Å². The summed E-state index contributed by atoms with van der Waals surface area (Å²) in [6.45, 7) is 0.842. The first-order valence-electron chi connectivity index (χ1n) is 7.07. The van der Waals surface area contributed by atoms with Crippen LogP contribution in [0.15, 0.2) is 0 Å². The molecule has 0 aromatic rings. The van der Waals surface area contributed by atoms with Gasteiger partial charge in [-0.05, 0) is 43.9 Å². The molecule has 2 atom stereocenters. The van der Waals surface area contributed by atoms with Crippen LogP contribution in [-0.2, 0) is 9.53 Å². The first-order valence-corrected chi connectivity index (χ1v) is 8.19. The van der Waals surface area contributed by atoms with Crippen molar-refractivity contribution in [2.75, 3.05) is 19.0 Å². The van der Waals surface area contributed by atoms with Gasteiger partial charge in [0.1, 0.15) is 0 Å². The molecule has 4 heteroatoms. The van der Waals surface area contributed by atoms with Gasteiger partial charge in [0.15, 0.2) is 0 Å². The number of carbonyl (C=O) groups excluding carboxylic acids is 1. The summed E-state index contributed by atoms with van der Waals surface area (Å²) in [4.78, 5) is 12.0. The van der Waals surface area contributed by atoms with Gasteiger partial charge in [0.2, 0.25) is 5.91 Å². The van der Waals surface area contributed by atoms with E-state index in [0.29, 0.717) is 12.3 Å². The predicted octanol–water partition coefficient (Wildman–Crippen LogP) is 2.87. The SMILES string of the molecule is COC1(CC(=O)NCC2CCCC2CBr)CCC1. The highest BCUT2D eigenvalue weighted by atomic mass is 79.9. The van der Waals surface area contributed by atoms with Crippen LogP contribution >= 0.6 is 15.9 Å². The average Bonchev–Trinajstić information content (AvgIpc) is 2.78. The monoisotopic (exact) mass is 317 g/mol. The van der Waals surface area contributed by atoms with E-state index in [4.69, 9.17) is 4.74 Å². The molecule has 18 heavy (non-hydrogen) atoms. The minimum atomic E-state index is -0.144. The zero-order valence-corrected chi connectivity index (χ0v) is 12.8. The predicted molar refractivity (Wildman–Crippen MR) is 75.8 cm³/mol. The van der Waals surface area contributed by atoms with Gasteiger partial charge in [0.25, 0.3) is 0 Å². The highest BCUT2D eigenvalue weighted by Gasteiger charge is 2.39. The van der Waals surface area contributed by atoms with E-state index in [0.717, 1.165) is 30.6 Å². The van der Waals surface area contributed by atoms with Crippen molar-refractivity contribution in [3.63, 3.8) is 0 Å². The largest absolute Gasteiger partial charge is 0.378 e. The lowest BCUT2D eigenvalue weighted by Crippen LogP contribution is -2.44. The second kappa shape index (κ2) is 6.38. The fraction of sp³-hybridized carbons (Fsp3) is 0.929. The maximum atomic E-state index is 12.0. The van der Waals surface area contributed by atoms with Crippen LogP contribution in [-0.4, -0.2) is 30.5 Å². The lowest BCUT2D eigenvalue weighted by Gasteiger charge is -2.40. The number of hydrogen-bond donors (Lipinski definition) is 1. The van der Waals surface area contributed by atoms with Crippen molar-refractivity contribution in [1.29, 1.82) is 0 Å². The molecule has 1 amide bonds. The fourth-order valence-electron chi connectivity index (χ4n) is 3.21. The van der Waals surface area contributed by atoms with E-state index in [1.807, 2.05) is 0 Å². The number of amides is 1. The Morgan fingerprint density at radius 2 is 2.06 bits per heavy atom. The molecule has 1 N–H and O–H groups in total. The zero-order valence-electron chi connectivity index (χ0n) is 11.2. The Bertz CT molecular complexity index is 286. The minimum absolute atomic E-state index is 0.144. The Balaban J connectivity index is 1.71. The van der Waals surface area contributed by atoms with E-state index in [1.165, 1.54) is 25.7 Å². The van der Waals surface area contributed by atoms with Gasteiger partial charge in [-0.1, -0.05) is 22.4 Å². The minimum Gasteiger partial charge on any atom is -0.378 e. The lowest BCUT2D eigenvalue weighted by atomic mass is 9.77. The number of nitrogens with one attached hydrogen (secondary N) is 1. The molecule has 0 aliphatic heterocycles. The first kappa shape index (κ1) is 14.3. The van der Waals surface area contributed by atoms with E-state index in [1.54, 1.807) is 7.11 Å². The summed E-state index contributed by atoms with van der Waals surface area (Å²) in [5, 5.41) is 4.17. The molecule has 2 saturated carbocycles. The van der Waals surface area contributed by atoms with Crippen molar-refractivity contribution in [3.8, 4) is 0 Å². The van der Waals surface area contributed by atoms with Gasteiger partial charge in [-0.3, -0.25) is 4.79 Å². The first-order chi connectivity index (χ1) is 8.69. The summed E-state index contributed by atoms with van der Waals surface area (Å²) in [5.41, 5.74) is -0.144. The van der Waals surface area contributed by atoms with Crippen LogP contribution < -0.4 is 5.32 Å². The third-order valence-electron chi connectivity index (χ3n) is 4.76. The zero-order chi connectivity index (χ0) is 13.0. The van der Waals surface area contributed by atoms with Gasteiger partial charge in [-0.2, -0.15) is 0 Å². The van der Waals surface area contributed by atoms with Crippen molar-refractivity contribution in [2.24, 2.45) is 11.8 Å². The summed E-state index contributed by atoms with van der Waals surface area (Å²) in [6.07, 6.45) is 7.65. The topological polar surface area (TPSA) is 38.3 Å². The van der Waals surface area contributed by atoms with Crippen LogP contribution in [0.4, 0.5) is 0 Å². The van der Waals surface area contributed by atoms with E-state index in [-0.39, 0.29) is 11.5 Å². The Morgan fingerprint density at radius 3 is 2.61 bits per heavy atom. The number of rotatable bonds is 6. The van der Waals surface area contributed by atoms with Gasteiger partial charge < -0.3 is 10.1 Å². The van der Waals surface area contributed by atoms with E-state index >= 15 is 0 Å². The molecule has 2 aliphatic rings. The maximum absolute atomic E-state index is 12.0. The van der Waals surface area contributed by atoms with Crippen LogP contribution in [0.2, 0.25) is 0 Å². The van der Waals surface area contributed by atoms with Gasteiger partial charge in [0.05, 0.1) is 12.0 Å². The second-order valence-electron chi connectivity index (χ2n) is 5.83. The van der Waals surface area contributed by atoms with Crippen molar-refractivity contribution in [2.45, 2.75) is 50.5 Å². The number of halogens is 1. The quantitative estimate of drug-likeness (QED) is 0.765. The lowest BCUT2D eigenvalue weighted by molar-refractivity contribution is -0.134. The number of ether oxygens (including phenoxy) is 1. The number of alkyl halides is 1. The molecular formula is C14H24BrNO2. The average molecular weight is 318 g/mol. The van der Waals surface area contributed by atoms with E-state index < -0.39 is 0 Å². The van der Waals surface area contributed by atoms with E-state index in [9.17, 15) is 4.79 Å². The molecule has 0 saturated heterocycles. The fourth-order valence-corrected chi connectivity index (χ4v) is 4.06. The number of methoxy groups -OCH3 is 1. The Morgan fingerprint density at radius 1 is 1.33 bits per heavy atom. The van der Waals surface area contributed by atoms with Gasteiger partial charge in [-0.15, -0.1) is 0 Å². The van der Waals surface area contributed by atoms with Gasteiger partial charge in [0, 0.05) is 19.0 Å². The molecule has 104 valence electrons. The molecule has 2 aliphatic carbocycles. The van der Waals surface area contributed by atoms with Gasteiger partial charge >= 0.3 is 0 Å². The molecule has 0 spiro atoms. The standard InChI is InChI=1S/C14H24BrNO2/c1-18-14(6-3-7-14)8-13(17)16-10-12-5-2-4-11(12)9-15/h11-12H,2-10H2,1H3,(H,16,17). The number of hydrogen-bond acceptors (Lipinski definition) is 2. The molecule has 0 heterocycles. The van der Waals surface area contributed by atoms with Crippen molar-refractivity contribution >= 4 is 21.8 Å². The normalized spacial score (nSPS) is 29.9. The molecule has 0 radical (unpaired) electrons.